The van der Waals surface area contributed by atoms with E-state index in [-0.39, 0.29) is 19.0 Å². The third kappa shape index (κ3) is 2.72. The van der Waals surface area contributed by atoms with Gasteiger partial charge < -0.3 is 15.1 Å². The Labute approximate surface area is 119 Å². The lowest BCUT2D eigenvalue weighted by molar-refractivity contribution is -0.129. The van der Waals surface area contributed by atoms with Crippen molar-refractivity contribution in [2.45, 2.75) is 44.3 Å². The summed E-state index contributed by atoms with van der Waals surface area (Å²) in [6.07, 6.45) is 3.49. The normalized spacial score (nSPS) is 25.6. The number of hydrogen-bond acceptors (Lipinski definition) is 3. The minimum atomic E-state index is -0.803. The van der Waals surface area contributed by atoms with E-state index in [1.54, 1.807) is 4.90 Å². The first-order valence-corrected chi connectivity index (χ1v) is 7.38. The molecule has 0 unspecified atom stereocenters. The molecule has 0 bridgehead atoms. The molecule has 2 N–H and O–H groups in total. The highest BCUT2D eigenvalue weighted by Gasteiger charge is 2.32. The lowest BCUT2D eigenvalue weighted by Gasteiger charge is -2.18. The lowest BCUT2D eigenvalue weighted by Crippen LogP contribution is -2.31. The van der Waals surface area contributed by atoms with Gasteiger partial charge in [0.2, 0.25) is 5.91 Å². The van der Waals surface area contributed by atoms with Crippen LogP contribution in [0, 0.1) is 0 Å². The van der Waals surface area contributed by atoms with E-state index in [4.69, 9.17) is 0 Å². The van der Waals surface area contributed by atoms with Crippen LogP contribution in [0.25, 0.3) is 0 Å². The molecule has 1 aromatic rings. The molecule has 0 saturated carbocycles. The van der Waals surface area contributed by atoms with Crippen LogP contribution < -0.4 is 0 Å². The molecule has 1 heterocycles. The summed E-state index contributed by atoms with van der Waals surface area (Å²) in [6.45, 7) is 0.482. The number of aryl methyl sites for hydroxylation is 2. The Hall–Kier alpha value is -1.39. The van der Waals surface area contributed by atoms with E-state index < -0.39 is 12.2 Å². The van der Waals surface area contributed by atoms with Crippen LogP contribution in [-0.2, 0) is 24.1 Å². The third-order valence-electron chi connectivity index (χ3n) is 4.38. The fourth-order valence-electron chi connectivity index (χ4n) is 3.16. The fourth-order valence-corrected chi connectivity index (χ4v) is 3.16. The summed E-state index contributed by atoms with van der Waals surface area (Å²) in [5.41, 5.74) is 3.83. The number of carbonyl (C=O) groups excluding carboxylic acids is 1. The standard InChI is InChI=1S/C16H21NO3/c18-14-9-17(10-15(14)19)16(20)8-11-5-6-12-3-1-2-4-13(12)7-11/h5-7,14-15,18-19H,1-4,8-10H2/t14-,15+. The van der Waals surface area contributed by atoms with Gasteiger partial charge in [-0.25, -0.2) is 0 Å². The average Bonchev–Trinajstić information content (AvgIpc) is 2.79. The summed E-state index contributed by atoms with van der Waals surface area (Å²) in [5.74, 6) is -0.0173. The Kier molecular flexibility index (Phi) is 3.76. The largest absolute Gasteiger partial charge is 0.388 e. The van der Waals surface area contributed by atoms with Gasteiger partial charge >= 0.3 is 0 Å². The zero-order valence-electron chi connectivity index (χ0n) is 11.6. The molecule has 1 aliphatic heterocycles. The van der Waals surface area contributed by atoms with Gasteiger partial charge in [-0.05, 0) is 42.4 Å². The highest BCUT2D eigenvalue weighted by molar-refractivity contribution is 5.79. The van der Waals surface area contributed by atoms with Gasteiger partial charge in [0.1, 0.15) is 0 Å². The molecule has 2 aliphatic rings. The first-order chi connectivity index (χ1) is 9.63. The number of aliphatic hydroxyl groups excluding tert-OH is 2. The van der Waals surface area contributed by atoms with Crippen molar-refractivity contribution in [1.82, 2.24) is 4.90 Å². The van der Waals surface area contributed by atoms with Crippen LogP contribution in [0.4, 0.5) is 0 Å². The maximum atomic E-state index is 12.2. The first-order valence-electron chi connectivity index (χ1n) is 7.38. The van der Waals surface area contributed by atoms with Crippen molar-refractivity contribution < 1.29 is 15.0 Å². The minimum Gasteiger partial charge on any atom is -0.388 e. The van der Waals surface area contributed by atoms with Crippen molar-refractivity contribution in [2.75, 3.05) is 13.1 Å². The van der Waals surface area contributed by atoms with E-state index >= 15 is 0 Å². The van der Waals surface area contributed by atoms with E-state index in [9.17, 15) is 15.0 Å². The Morgan fingerprint density at radius 1 is 1.10 bits per heavy atom. The zero-order valence-corrected chi connectivity index (χ0v) is 11.6. The van der Waals surface area contributed by atoms with Gasteiger partial charge in [-0.3, -0.25) is 4.79 Å². The second-order valence-corrected chi connectivity index (χ2v) is 5.92. The van der Waals surface area contributed by atoms with E-state index in [0.29, 0.717) is 6.42 Å². The second kappa shape index (κ2) is 5.54. The van der Waals surface area contributed by atoms with Crippen molar-refractivity contribution in [3.63, 3.8) is 0 Å². The number of fused-ring (bicyclic) bond motifs is 1. The van der Waals surface area contributed by atoms with E-state index in [0.717, 1.165) is 18.4 Å². The van der Waals surface area contributed by atoms with Gasteiger partial charge in [0, 0.05) is 13.1 Å². The van der Waals surface area contributed by atoms with Crippen molar-refractivity contribution in [3.8, 4) is 0 Å². The van der Waals surface area contributed by atoms with E-state index in [1.807, 2.05) is 6.07 Å². The Bertz CT molecular complexity index is 504. The number of nitrogens with zero attached hydrogens (tertiary/aromatic N) is 1. The van der Waals surface area contributed by atoms with E-state index in [1.165, 1.54) is 24.0 Å². The molecule has 1 fully saturated rings. The van der Waals surface area contributed by atoms with Gasteiger partial charge in [0.25, 0.3) is 0 Å². The van der Waals surface area contributed by atoms with Crippen molar-refractivity contribution in [2.24, 2.45) is 0 Å². The van der Waals surface area contributed by atoms with Crippen LogP contribution in [0.1, 0.15) is 29.5 Å². The number of amides is 1. The highest BCUT2D eigenvalue weighted by Crippen LogP contribution is 2.23. The van der Waals surface area contributed by atoms with Crippen molar-refractivity contribution >= 4 is 5.91 Å². The topological polar surface area (TPSA) is 60.8 Å². The van der Waals surface area contributed by atoms with Crippen LogP contribution in [-0.4, -0.2) is 46.3 Å². The molecule has 2 atom stereocenters. The molecule has 0 aromatic heterocycles. The minimum absolute atomic E-state index is 0.0173. The molecule has 1 aromatic carbocycles. The summed E-state index contributed by atoms with van der Waals surface area (Å²) in [5, 5.41) is 19.0. The summed E-state index contributed by atoms with van der Waals surface area (Å²) < 4.78 is 0. The van der Waals surface area contributed by atoms with Crippen molar-refractivity contribution in [3.05, 3.63) is 34.9 Å². The van der Waals surface area contributed by atoms with Crippen LogP contribution in [0.3, 0.4) is 0 Å². The molecule has 1 amide bonds. The number of carbonyl (C=O) groups is 1. The molecule has 108 valence electrons. The van der Waals surface area contributed by atoms with Gasteiger partial charge in [-0.2, -0.15) is 0 Å². The van der Waals surface area contributed by atoms with Gasteiger partial charge in [-0.1, -0.05) is 18.2 Å². The monoisotopic (exact) mass is 275 g/mol. The second-order valence-electron chi connectivity index (χ2n) is 5.92. The maximum absolute atomic E-state index is 12.2. The number of β-amino-alcohol motifs (C(OH)–C–C–N with tert-alkyl or cyclic N) is 2. The molecule has 1 saturated heterocycles. The number of likely N-dealkylation sites (tertiary alicyclic amines) is 1. The predicted molar refractivity (Wildman–Crippen MR) is 75.4 cm³/mol. The van der Waals surface area contributed by atoms with Crippen LogP contribution in [0.5, 0.6) is 0 Å². The Morgan fingerprint density at radius 3 is 2.45 bits per heavy atom. The number of rotatable bonds is 2. The summed E-state index contributed by atoms with van der Waals surface area (Å²) >= 11 is 0. The molecule has 4 nitrogen and oxygen atoms in total. The first kappa shape index (κ1) is 13.6. The fraction of sp³-hybridized carbons (Fsp3) is 0.562. The van der Waals surface area contributed by atoms with Gasteiger partial charge in [0.05, 0.1) is 18.6 Å². The smallest absolute Gasteiger partial charge is 0.227 e. The Balaban J connectivity index is 1.67. The Morgan fingerprint density at radius 2 is 1.75 bits per heavy atom. The molecule has 0 spiro atoms. The molecule has 0 radical (unpaired) electrons. The lowest BCUT2D eigenvalue weighted by atomic mass is 9.90. The molecule has 3 rings (SSSR count). The van der Waals surface area contributed by atoms with Gasteiger partial charge in [0.15, 0.2) is 0 Å². The van der Waals surface area contributed by atoms with Gasteiger partial charge in [-0.15, -0.1) is 0 Å². The molecular weight excluding hydrogens is 254 g/mol. The van der Waals surface area contributed by atoms with Crippen LogP contribution in [0.2, 0.25) is 0 Å². The number of aliphatic hydroxyl groups is 2. The quantitative estimate of drug-likeness (QED) is 0.834. The number of benzene rings is 1. The summed E-state index contributed by atoms with van der Waals surface area (Å²) in [4.78, 5) is 13.7. The van der Waals surface area contributed by atoms with Crippen LogP contribution in [0.15, 0.2) is 18.2 Å². The summed E-state index contributed by atoms with van der Waals surface area (Å²) in [6, 6.07) is 6.32. The SMILES string of the molecule is O=C(Cc1ccc2c(c1)CCCC2)N1C[C@@H](O)[C@@H](O)C1. The van der Waals surface area contributed by atoms with E-state index in [2.05, 4.69) is 12.1 Å². The summed E-state index contributed by atoms with van der Waals surface area (Å²) in [7, 11) is 0. The van der Waals surface area contributed by atoms with Crippen LogP contribution >= 0.6 is 0 Å². The third-order valence-corrected chi connectivity index (χ3v) is 4.38. The van der Waals surface area contributed by atoms with Crippen molar-refractivity contribution in [1.29, 1.82) is 0 Å². The predicted octanol–water partition coefficient (Wildman–Crippen LogP) is 0.672. The highest BCUT2D eigenvalue weighted by atomic mass is 16.3. The molecule has 1 aliphatic carbocycles. The molecule has 4 heteroatoms. The number of hydrogen-bond donors (Lipinski definition) is 2. The maximum Gasteiger partial charge on any atom is 0.227 e. The average molecular weight is 275 g/mol. The molecule has 20 heavy (non-hydrogen) atoms. The molecular formula is C16H21NO3. The zero-order chi connectivity index (χ0) is 14.1.